The Morgan fingerprint density at radius 3 is 2.59 bits per heavy atom. The van der Waals surface area contributed by atoms with Crippen molar-refractivity contribution < 1.29 is 4.79 Å². The largest absolute Gasteiger partial charge is 0.371 e. The third-order valence-electron chi connectivity index (χ3n) is 3.68. The molecule has 1 aromatic rings. The topological polar surface area (TPSA) is 20.3 Å². The van der Waals surface area contributed by atoms with Gasteiger partial charge < -0.3 is 4.90 Å². The van der Waals surface area contributed by atoms with E-state index in [0.717, 1.165) is 23.4 Å². The van der Waals surface area contributed by atoms with Crippen LogP contribution in [0.2, 0.25) is 5.02 Å². The second-order valence-electron chi connectivity index (χ2n) is 4.76. The molecule has 0 unspecified atom stereocenters. The predicted molar refractivity (Wildman–Crippen MR) is 71.9 cm³/mol. The van der Waals surface area contributed by atoms with Gasteiger partial charge in [0.2, 0.25) is 0 Å². The zero-order valence-corrected chi connectivity index (χ0v) is 11.1. The van der Waals surface area contributed by atoms with Crippen LogP contribution in [0, 0.1) is 6.92 Å². The van der Waals surface area contributed by atoms with Crippen molar-refractivity contribution >= 4 is 23.1 Å². The van der Waals surface area contributed by atoms with Gasteiger partial charge in [-0.25, -0.2) is 0 Å². The normalized spacial score (nSPS) is 17.2. The highest BCUT2D eigenvalue weighted by atomic mass is 35.5. The van der Waals surface area contributed by atoms with E-state index in [1.807, 2.05) is 19.1 Å². The number of Topliss-reactive ketones (excluding diaryl/α,β-unsaturated/α-hetero) is 1. The number of carbonyl (C=O) groups excluding carboxylic acids is 1. The second-order valence-corrected chi connectivity index (χ2v) is 5.17. The third-order valence-corrected chi connectivity index (χ3v) is 4.09. The lowest BCUT2D eigenvalue weighted by Gasteiger charge is -2.33. The van der Waals surface area contributed by atoms with Crippen molar-refractivity contribution in [2.75, 3.05) is 11.9 Å². The van der Waals surface area contributed by atoms with E-state index in [4.69, 9.17) is 11.6 Å². The van der Waals surface area contributed by atoms with Gasteiger partial charge in [-0.05, 0) is 37.5 Å². The van der Waals surface area contributed by atoms with E-state index >= 15 is 0 Å². The molecule has 0 N–H and O–H groups in total. The number of benzene rings is 1. The molecule has 0 aliphatic heterocycles. The number of ketones is 1. The van der Waals surface area contributed by atoms with Gasteiger partial charge in [-0.15, -0.1) is 0 Å². The van der Waals surface area contributed by atoms with Crippen molar-refractivity contribution in [3.63, 3.8) is 0 Å². The number of hydrogen-bond donors (Lipinski definition) is 0. The van der Waals surface area contributed by atoms with Crippen molar-refractivity contribution in [3.8, 4) is 0 Å². The molecule has 1 aromatic carbocycles. The fourth-order valence-corrected chi connectivity index (χ4v) is 2.66. The first-order valence-corrected chi connectivity index (χ1v) is 6.47. The van der Waals surface area contributed by atoms with Gasteiger partial charge in [0.05, 0.1) is 0 Å². The summed E-state index contributed by atoms with van der Waals surface area (Å²) in [5.41, 5.74) is 2.30. The van der Waals surface area contributed by atoms with E-state index in [2.05, 4.69) is 18.0 Å². The standard InChI is InChI=1S/C14H18ClNO/c1-10-13(15)4-3-5-14(10)16(2)11-6-8-12(17)9-7-11/h3-5,11H,6-9H2,1-2H3. The molecule has 0 heterocycles. The first kappa shape index (κ1) is 12.4. The molecule has 0 saturated heterocycles. The van der Waals surface area contributed by atoms with Crippen molar-refractivity contribution in [1.82, 2.24) is 0 Å². The Hall–Kier alpha value is -1.02. The summed E-state index contributed by atoms with van der Waals surface area (Å²) in [5.74, 6) is 0.400. The first-order valence-electron chi connectivity index (χ1n) is 6.09. The van der Waals surface area contributed by atoms with E-state index in [1.54, 1.807) is 0 Å². The van der Waals surface area contributed by atoms with Crippen LogP contribution in [-0.4, -0.2) is 18.9 Å². The summed E-state index contributed by atoms with van der Waals surface area (Å²) in [6, 6.07) is 6.45. The van der Waals surface area contributed by atoms with Gasteiger partial charge in [-0.3, -0.25) is 4.79 Å². The summed E-state index contributed by atoms with van der Waals surface area (Å²) in [6.07, 6.45) is 3.35. The molecule has 1 aliphatic carbocycles. The Morgan fingerprint density at radius 1 is 1.29 bits per heavy atom. The number of hydrogen-bond acceptors (Lipinski definition) is 2. The molecule has 1 fully saturated rings. The average Bonchev–Trinajstić information content (AvgIpc) is 2.33. The highest BCUT2D eigenvalue weighted by molar-refractivity contribution is 6.31. The van der Waals surface area contributed by atoms with Crippen LogP contribution < -0.4 is 4.90 Å². The smallest absolute Gasteiger partial charge is 0.133 e. The van der Waals surface area contributed by atoms with Crippen LogP contribution >= 0.6 is 11.6 Å². The van der Waals surface area contributed by atoms with Crippen molar-refractivity contribution in [2.45, 2.75) is 38.6 Å². The van der Waals surface area contributed by atoms with Gasteiger partial charge in [-0.1, -0.05) is 17.7 Å². The van der Waals surface area contributed by atoms with Gasteiger partial charge in [0.15, 0.2) is 0 Å². The zero-order valence-electron chi connectivity index (χ0n) is 10.4. The minimum absolute atomic E-state index is 0.400. The van der Waals surface area contributed by atoms with Crippen LogP contribution in [0.15, 0.2) is 18.2 Å². The van der Waals surface area contributed by atoms with Crippen LogP contribution in [0.4, 0.5) is 5.69 Å². The Bertz CT molecular complexity index is 420. The highest BCUT2D eigenvalue weighted by Crippen LogP contribution is 2.30. The highest BCUT2D eigenvalue weighted by Gasteiger charge is 2.23. The SMILES string of the molecule is Cc1c(Cl)cccc1N(C)C1CCC(=O)CC1. The van der Waals surface area contributed by atoms with Crippen LogP contribution in [0.5, 0.6) is 0 Å². The monoisotopic (exact) mass is 251 g/mol. The molecule has 0 atom stereocenters. The van der Waals surface area contributed by atoms with Crippen LogP contribution in [0.25, 0.3) is 0 Å². The zero-order chi connectivity index (χ0) is 12.4. The molecule has 0 spiro atoms. The Kier molecular flexibility index (Phi) is 3.72. The molecule has 0 amide bonds. The number of halogens is 1. The number of rotatable bonds is 2. The lowest BCUT2D eigenvalue weighted by molar-refractivity contribution is -0.120. The molecule has 2 rings (SSSR count). The van der Waals surface area contributed by atoms with E-state index in [1.165, 1.54) is 5.69 Å². The van der Waals surface area contributed by atoms with Gasteiger partial charge in [0.25, 0.3) is 0 Å². The molecule has 0 radical (unpaired) electrons. The maximum Gasteiger partial charge on any atom is 0.133 e. The maximum absolute atomic E-state index is 11.2. The first-order chi connectivity index (χ1) is 8.09. The van der Waals surface area contributed by atoms with Crippen LogP contribution in [0.3, 0.4) is 0 Å². The maximum atomic E-state index is 11.2. The number of anilines is 1. The number of nitrogens with zero attached hydrogens (tertiary/aromatic N) is 1. The van der Waals surface area contributed by atoms with Gasteiger partial charge in [-0.2, -0.15) is 0 Å². The fourth-order valence-electron chi connectivity index (χ4n) is 2.49. The summed E-state index contributed by atoms with van der Waals surface area (Å²) >= 11 is 6.14. The summed E-state index contributed by atoms with van der Waals surface area (Å²) < 4.78 is 0. The summed E-state index contributed by atoms with van der Waals surface area (Å²) in [4.78, 5) is 13.5. The molecular formula is C14H18ClNO. The van der Waals surface area contributed by atoms with Crippen LogP contribution in [-0.2, 0) is 4.79 Å². The van der Waals surface area contributed by atoms with Gasteiger partial charge in [0, 0.05) is 36.6 Å². The fraction of sp³-hybridized carbons (Fsp3) is 0.500. The molecule has 92 valence electrons. The summed E-state index contributed by atoms with van der Waals surface area (Å²) in [7, 11) is 2.10. The second kappa shape index (κ2) is 5.09. The molecule has 0 aromatic heterocycles. The quantitative estimate of drug-likeness (QED) is 0.801. The lowest BCUT2D eigenvalue weighted by atomic mass is 9.93. The van der Waals surface area contributed by atoms with Crippen molar-refractivity contribution in [1.29, 1.82) is 0 Å². The Labute approximate surface area is 108 Å². The lowest BCUT2D eigenvalue weighted by Crippen LogP contribution is -2.35. The number of carbonyl (C=O) groups is 1. The predicted octanol–water partition coefficient (Wildman–Crippen LogP) is 3.60. The van der Waals surface area contributed by atoms with Gasteiger partial charge in [0.1, 0.15) is 5.78 Å². The molecular weight excluding hydrogens is 234 g/mol. The third kappa shape index (κ3) is 2.63. The Morgan fingerprint density at radius 2 is 1.94 bits per heavy atom. The average molecular weight is 252 g/mol. The molecule has 17 heavy (non-hydrogen) atoms. The van der Waals surface area contributed by atoms with Gasteiger partial charge >= 0.3 is 0 Å². The van der Waals surface area contributed by atoms with E-state index < -0.39 is 0 Å². The molecule has 1 saturated carbocycles. The van der Waals surface area contributed by atoms with E-state index in [-0.39, 0.29) is 0 Å². The molecule has 3 heteroatoms. The molecule has 0 bridgehead atoms. The van der Waals surface area contributed by atoms with Crippen molar-refractivity contribution in [2.24, 2.45) is 0 Å². The van der Waals surface area contributed by atoms with E-state index in [0.29, 0.717) is 24.7 Å². The van der Waals surface area contributed by atoms with Crippen LogP contribution in [0.1, 0.15) is 31.2 Å². The Balaban J connectivity index is 2.16. The summed E-state index contributed by atoms with van der Waals surface area (Å²) in [5, 5.41) is 0.807. The molecule has 1 aliphatic rings. The van der Waals surface area contributed by atoms with E-state index in [9.17, 15) is 4.79 Å². The van der Waals surface area contributed by atoms with Crippen molar-refractivity contribution in [3.05, 3.63) is 28.8 Å². The minimum atomic E-state index is 0.400. The summed E-state index contributed by atoms with van der Waals surface area (Å²) in [6.45, 7) is 2.04. The minimum Gasteiger partial charge on any atom is -0.371 e. The molecule has 2 nitrogen and oxygen atoms in total.